The molecule has 0 spiro atoms. The molecule has 0 aliphatic carbocycles. The summed E-state index contributed by atoms with van der Waals surface area (Å²) in [7, 11) is 0. The Kier molecular flexibility index (Phi) is 2.59. The van der Waals surface area contributed by atoms with E-state index in [0.29, 0.717) is 11.5 Å². The lowest BCUT2D eigenvalue weighted by molar-refractivity contribution is 0.180. The molecule has 1 saturated heterocycles. The summed E-state index contributed by atoms with van der Waals surface area (Å²) < 4.78 is 0. The zero-order chi connectivity index (χ0) is 7.56. The first-order valence-electron chi connectivity index (χ1n) is 3.37. The van der Waals surface area contributed by atoms with Crippen molar-refractivity contribution in [2.24, 2.45) is 5.73 Å². The smallest absolute Gasteiger partial charge is 0.0870 e. The molecule has 0 aromatic rings. The van der Waals surface area contributed by atoms with Crippen LogP contribution in [-0.4, -0.2) is 40.7 Å². The third-order valence-corrected chi connectivity index (χ3v) is 1.76. The Labute approximate surface area is 65.8 Å². The summed E-state index contributed by atoms with van der Waals surface area (Å²) in [4.78, 5) is 2.57. The molecule has 0 amide bonds. The van der Waals surface area contributed by atoms with Crippen LogP contribution in [0.4, 0.5) is 0 Å². The number of nitrogens with two attached hydrogens (primary N) is 1. The molecule has 10 heavy (non-hydrogen) atoms. The molecule has 0 aromatic heterocycles. The van der Waals surface area contributed by atoms with Crippen molar-refractivity contribution in [1.82, 2.24) is 4.90 Å². The summed E-state index contributed by atoms with van der Waals surface area (Å²) in [6, 6.07) is 0. The van der Waals surface area contributed by atoms with Gasteiger partial charge in [0.1, 0.15) is 0 Å². The van der Waals surface area contributed by atoms with Gasteiger partial charge in [-0.05, 0) is 6.42 Å². The highest BCUT2D eigenvalue weighted by Crippen LogP contribution is 2.07. The third kappa shape index (κ3) is 2.21. The van der Waals surface area contributed by atoms with E-state index < -0.39 is 0 Å². The molecule has 0 aromatic carbocycles. The van der Waals surface area contributed by atoms with Gasteiger partial charge in [0, 0.05) is 19.6 Å². The zero-order valence-electron chi connectivity index (χ0n) is 5.79. The standard InChI is InChI=1S/C6H12N2OS/c7-6(10)4-8-2-1-5(9)3-8/h5,9H,1-4H2,(H2,7,10). The van der Waals surface area contributed by atoms with Crippen LogP contribution < -0.4 is 5.73 Å². The Bertz CT molecular complexity index is 140. The lowest BCUT2D eigenvalue weighted by atomic mass is 10.3. The van der Waals surface area contributed by atoms with Crippen LogP contribution in [0.5, 0.6) is 0 Å². The Morgan fingerprint density at radius 2 is 2.50 bits per heavy atom. The Morgan fingerprint density at radius 1 is 1.80 bits per heavy atom. The highest BCUT2D eigenvalue weighted by molar-refractivity contribution is 7.80. The number of likely N-dealkylation sites (tertiary alicyclic amines) is 1. The quantitative estimate of drug-likeness (QED) is 0.526. The van der Waals surface area contributed by atoms with E-state index in [1.807, 2.05) is 0 Å². The van der Waals surface area contributed by atoms with Gasteiger partial charge in [-0.15, -0.1) is 0 Å². The fourth-order valence-electron chi connectivity index (χ4n) is 1.18. The molecule has 3 N–H and O–H groups in total. The predicted octanol–water partition coefficient (Wildman–Crippen LogP) is -0.661. The zero-order valence-corrected chi connectivity index (χ0v) is 6.60. The molecule has 0 radical (unpaired) electrons. The number of hydrogen-bond donors (Lipinski definition) is 2. The SMILES string of the molecule is NC(=S)CN1CCC(O)C1. The van der Waals surface area contributed by atoms with Crippen LogP contribution in [0.25, 0.3) is 0 Å². The van der Waals surface area contributed by atoms with Crippen LogP contribution in [0.2, 0.25) is 0 Å². The number of rotatable bonds is 2. The molecule has 0 bridgehead atoms. The normalized spacial score (nSPS) is 27.1. The maximum atomic E-state index is 9.09. The number of thiocarbonyl (C=S) groups is 1. The molecule has 1 atom stereocenters. The average Bonchev–Trinajstić information content (AvgIpc) is 2.13. The lowest BCUT2D eigenvalue weighted by Crippen LogP contribution is -2.31. The van der Waals surface area contributed by atoms with Crippen LogP contribution in [-0.2, 0) is 0 Å². The topological polar surface area (TPSA) is 49.5 Å². The molecule has 1 unspecified atom stereocenters. The van der Waals surface area contributed by atoms with E-state index in [1.54, 1.807) is 0 Å². The van der Waals surface area contributed by atoms with E-state index in [-0.39, 0.29) is 6.10 Å². The third-order valence-electron chi connectivity index (χ3n) is 1.63. The molecule has 58 valence electrons. The summed E-state index contributed by atoms with van der Waals surface area (Å²) in [5.74, 6) is 0. The second-order valence-electron chi connectivity index (χ2n) is 2.64. The van der Waals surface area contributed by atoms with E-state index in [4.69, 9.17) is 23.1 Å². The number of nitrogens with zero attached hydrogens (tertiary/aromatic N) is 1. The minimum absolute atomic E-state index is 0.172. The maximum Gasteiger partial charge on any atom is 0.0870 e. The summed E-state index contributed by atoms with van der Waals surface area (Å²) in [6.07, 6.45) is 0.678. The van der Waals surface area contributed by atoms with Gasteiger partial charge in [-0.3, -0.25) is 4.90 Å². The average molecular weight is 160 g/mol. The summed E-state index contributed by atoms with van der Waals surface area (Å²) >= 11 is 4.73. The number of aliphatic hydroxyl groups is 1. The molecule has 1 fully saturated rings. The molecule has 1 aliphatic heterocycles. The van der Waals surface area contributed by atoms with Crippen molar-refractivity contribution in [1.29, 1.82) is 0 Å². The van der Waals surface area contributed by atoms with Crippen molar-refractivity contribution in [3.05, 3.63) is 0 Å². The fourth-order valence-corrected chi connectivity index (χ4v) is 1.36. The first-order chi connectivity index (χ1) is 4.68. The molecule has 3 nitrogen and oxygen atoms in total. The van der Waals surface area contributed by atoms with Crippen molar-refractivity contribution in [3.8, 4) is 0 Å². The van der Waals surface area contributed by atoms with Gasteiger partial charge in [-0.2, -0.15) is 0 Å². The van der Waals surface area contributed by atoms with Crippen molar-refractivity contribution in [2.45, 2.75) is 12.5 Å². The van der Waals surface area contributed by atoms with Crippen LogP contribution in [0.15, 0.2) is 0 Å². The highest BCUT2D eigenvalue weighted by atomic mass is 32.1. The van der Waals surface area contributed by atoms with E-state index >= 15 is 0 Å². The summed E-state index contributed by atoms with van der Waals surface area (Å²) in [5, 5.41) is 9.09. The first-order valence-corrected chi connectivity index (χ1v) is 3.78. The first kappa shape index (κ1) is 7.91. The molecule has 1 rings (SSSR count). The lowest BCUT2D eigenvalue weighted by Gasteiger charge is -2.12. The monoisotopic (exact) mass is 160 g/mol. The molecular weight excluding hydrogens is 148 g/mol. The molecule has 0 saturated carbocycles. The van der Waals surface area contributed by atoms with Gasteiger partial charge in [0.2, 0.25) is 0 Å². The Hall–Kier alpha value is -0.190. The van der Waals surface area contributed by atoms with Crippen LogP contribution in [0.3, 0.4) is 0 Å². The van der Waals surface area contributed by atoms with E-state index in [9.17, 15) is 0 Å². The van der Waals surface area contributed by atoms with Crippen molar-refractivity contribution < 1.29 is 5.11 Å². The molecule has 4 heteroatoms. The van der Waals surface area contributed by atoms with Crippen molar-refractivity contribution >= 4 is 17.2 Å². The van der Waals surface area contributed by atoms with Gasteiger partial charge in [-0.1, -0.05) is 12.2 Å². The van der Waals surface area contributed by atoms with Gasteiger partial charge in [0.25, 0.3) is 0 Å². The van der Waals surface area contributed by atoms with Gasteiger partial charge in [-0.25, -0.2) is 0 Å². The number of hydrogen-bond acceptors (Lipinski definition) is 3. The van der Waals surface area contributed by atoms with E-state index in [0.717, 1.165) is 19.5 Å². The second kappa shape index (κ2) is 3.27. The Balaban J connectivity index is 2.24. The van der Waals surface area contributed by atoms with Gasteiger partial charge in [0.15, 0.2) is 0 Å². The van der Waals surface area contributed by atoms with Crippen molar-refractivity contribution in [2.75, 3.05) is 19.6 Å². The fraction of sp³-hybridized carbons (Fsp3) is 0.833. The van der Waals surface area contributed by atoms with Crippen LogP contribution >= 0.6 is 12.2 Å². The molecular formula is C6H12N2OS. The van der Waals surface area contributed by atoms with Gasteiger partial charge < -0.3 is 10.8 Å². The molecule has 1 heterocycles. The highest BCUT2D eigenvalue weighted by Gasteiger charge is 2.19. The largest absolute Gasteiger partial charge is 0.392 e. The van der Waals surface area contributed by atoms with Gasteiger partial charge in [0.05, 0.1) is 11.1 Å². The minimum Gasteiger partial charge on any atom is -0.392 e. The predicted molar refractivity (Wildman–Crippen MR) is 43.8 cm³/mol. The second-order valence-corrected chi connectivity index (χ2v) is 3.17. The van der Waals surface area contributed by atoms with Crippen LogP contribution in [0.1, 0.15) is 6.42 Å². The van der Waals surface area contributed by atoms with Crippen molar-refractivity contribution in [3.63, 3.8) is 0 Å². The van der Waals surface area contributed by atoms with E-state index in [1.165, 1.54) is 0 Å². The van der Waals surface area contributed by atoms with Crippen LogP contribution in [0, 0.1) is 0 Å². The van der Waals surface area contributed by atoms with E-state index in [2.05, 4.69) is 4.90 Å². The summed E-state index contributed by atoms with van der Waals surface area (Å²) in [5.41, 5.74) is 5.33. The minimum atomic E-state index is -0.172. The van der Waals surface area contributed by atoms with Gasteiger partial charge >= 0.3 is 0 Å². The Morgan fingerprint density at radius 3 is 2.90 bits per heavy atom. The number of β-amino-alcohol motifs (C(OH)–C–C–N with tert-alkyl or cyclic N) is 1. The maximum absolute atomic E-state index is 9.09. The number of aliphatic hydroxyl groups excluding tert-OH is 1. The molecule has 1 aliphatic rings. The summed E-state index contributed by atoms with van der Waals surface area (Å²) in [6.45, 7) is 2.28.